The quantitative estimate of drug-likeness (QED) is 0.652. The van der Waals surface area contributed by atoms with Gasteiger partial charge in [-0.1, -0.05) is 0 Å². The highest BCUT2D eigenvalue weighted by atomic mass is 32.2. The molecule has 0 aliphatic carbocycles. The van der Waals surface area contributed by atoms with Crippen LogP contribution in [-0.2, 0) is 4.74 Å². The first kappa shape index (κ1) is 11.7. The normalized spacial score (nSPS) is 24.9. The van der Waals surface area contributed by atoms with E-state index >= 15 is 0 Å². The molecule has 2 atom stereocenters. The highest BCUT2D eigenvalue weighted by molar-refractivity contribution is 7.99. The van der Waals surface area contributed by atoms with Crippen LogP contribution in [0, 0.1) is 5.82 Å². The fourth-order valence-corrected chi connectivity index (χ4v) is 2.80. The lowest BCUT2D eigenvalue weighted by atomic mass is 10.2. The van der Waals surface area contributed by atoms with Gasteiger partial charge < -0.3 is 10.5 Å². The van der Waals surface area contributed by atoms with Gasteiger partial charge in [0.25, 0.3) is 0 Å². The second-order valence-corrected chi connectivity index (χ2v) is 5.21. The zero-order valence-electron chi connectivity index (χ0n) is 9.28. The lowest BCUT2D eigenvalue weighted by Crippen LogP contribution is -2.10. The van der Waals surface area contributed by atoms with Crippen LogP contribution in [0.2, 0.25) is 0 Å². The van der Waals surface area contributed by atoms with Crippen LogP contribution in [0.1, 0.15) is 19.8 Å². The Morgan fingerprint density at radius 2 is 2.31 bits per heavy atom. The summed E-state index contributed by atoms with van der Waals surface area (Å²) >= 11 is 1.50. The zero-order chi connectivity index (χ0) is 11.5. The number of ether oxygens (including phenoxy) is 1. The van der Waals surface area contributed by atoms with E-state index in [1.807, 2.05) is 0 Å². The number of hydrogen-bond donors (Lipinski definition) is 1. The fraction of sp³-hybridized carbons (Fsp3) is 0.500. The number of nitrogen functional groups attached to an aromatic ring is 1. The lowest BCUT2D eigenvalue weighted by Gasteiger charge is -2.11. The summed E-state index contributed by atoms with van der Waals surface area (Å²) in [5.41, 5.74) is 5.96. The summed E-state index contributed by atoms with van der Waals surface area (Å²) in [7, 11) is 0. The monoisotopic (exact) mass is 241 g/mol. The molecular weight excluding hydrogens is 225 g/mol. The Kier molecular flexibility index (Phi) is 3.71. The minimum atomic E-state index is -0.240. The number of anilines is 1. The van der Waals surface area contributed by atoms with Gasteiger partial charge in [-0.3, -0.25) is 0 Å². The predicted octanol–water partition coefficient (Wildman–Crippen LogP) is 3.07. The Bertz CT molecular complexity index is 372. The zero-order valence-corrected chi connectivity index (χ0v) is 10.1. The van der Waals surface area contributed by atoms with Crippen LogP contribution >= 0.6 is 11.8 Å². The summed E-state index contributed by atoms with van der Waals surface area (Å²) < 4.78 is 19.1. The van der Waals surface area contributed by atoms with Gasteiger partial charge >= 0.3 is 0 Å². The molecule has 88 valence electrons. The summed E-state index contributed by atoms with van der Waals surface area (Å²) in [4.78, 5) is 0.650. The van der Waals surface area contributed by atoms with E-state index in [1.165, 1.54) is 17.8 Å². The van der Waals surface area contributed by atoms with Crippen molar-refractivity contribution in [3.63, 3.8) is 0 Å². The van der Waals surface area contributed by atoms with Crippen LogP contribution < -0.4 is 5.73 Å². The number of thioether (sulfide) groups is 1. The maximum atomic E-state index is 13.5. The second-order valence-electron chi connectivity index (χ2n) is 4.15. The molecule has 1 aromatic rings. The number of hydrogen-bond acceptors (Lipinski definition) is 3. The standard InChI is InChI=1S/C12H16FNOS/c1-8-2-4-10(15-8)7-16-12-5-3-9(14)6-11(12)13/h3,5-6,8,10H,2,4,7,14H2,1H3. The Labute approximate surface area is 99.4 Å². The van der Waals surface area contributed by atoms with Crippen molar-refractivity contribution in [1.82, 2.24) is 0 Å². The molecule has 2 unspecified atom stereocenters. The highest BCUT2D eigenvalue weighted by Crippen LogP contribution is 2.28. The molecule has 0 aromatic heterocycles. The summed E-state index contributed by atoms with van der Waals surface area (Å²) in [5.74, 6) is 0.571. The number of benzene rings is 1. The van der Waals surface area contributed by atoms with Crippen molar-refractivity contribution in [3.05, 3.63) is 24.0 Å². The third kappa shape index (κ3) is 2.89. The molecule has 1 aromatic carbocycles. The van der Waals surface area contributed by atoms with Gasteiger partial charge in [0, 0.05) is 16.3 Å². The Balaban J connectivity index is 1.89. The molecule has 2 nitrogen and oxygen atoms in total. The van der Waals surface area contributed by atoms with Crippen molar-refractivity contribution in [2.24, 2.45) is 0 Å². The molecule has 1 aliphatic rings. The van der Waals surface area contributed by atoms with Crippen molar-refractivity contribution >= 4 is 17.4 Å². The minimum Gasteiger partial charge on any atom is -0.399 e. The first-order valence-electron chi connectivity index (χ1n) is 5.48. The van der Waals surface area contributed by atoms with Crippen molar-refractivity contribution < 1.29 is 9.13 Å². The Morgan fingerprint density at radius 3 is 2.94 bits per heavy atom. The van der Waals surface area contributed by atoms with E-state index in [2.05, 4.69) is 6.92 Å². The van der Waals surface area contributed by atoms with E-state index in [4.69, 9.17) is 10.5 Å². The van der Waals surface area contributed by atoms with Crippen LogP contribution in [0.3, 0.4) is 0 Å². The van der Waals surface area contributed by atoms with Gasteiger partial charge in [0.15, 0.2) is 0 Å². The van der Waals surface area contributed by atoms with Gasteiger partial charge in [0.05, 0.1) is 12.2 Å². The summed E-state index contributed by atoms with van der Waals surface area (Å²) in [6, 6.07) is 4.82. The summed E-state index contributed by atoms with van der Waals surface area (Å²) in [6.45, 7) is 2.08. The van der Waals surface area contributed by atoms with E-state index in [0.29, 0.717) is 16.7 Å². The van der Waals surface area contributed by atoms with Crippen LogP contribution in [0.15, 0.2) is 23.1 Å². The second kappa shape index (κ2) is 5.06. The molecule has 0 spiro atoms. The molecule has 1 aliphatic heterocycles. The molecule has 0 saturated carbocycles. The third-order valence-corrected chi connectivity index (χ3v) is 3.88. The topological polar surface area (TPSA) is 35.2 Å². The first-order valence-corrected chi connectivity index (χ1v) is 6.47. The van der Waals surface area contributed by atoms with Gasteiger partial charge in [-0.15, -0.1) is 11.8 Å². The maximum Gasteiger partial charge on any atom is 0.138 e. The number of halogens is 1. The minimum absolute atomic E-state index is 0.240. The molecule has 0 radical (unpaired) electrons. The van der Waals surface area contributed by atoms with Crippen molar-refractivity contribution in [3.8, 4) is 0 Å². The van der Waals surface area contributed by atoms with Gasteiger partial charge in [0.1, 0.15) is 5.82 Å². The van der Waals surface area contributed by atoms with Crippen molar-refractivity contribution in [1.29, 1.82) is 0 Å². The Hall–Kier alpha value is -0.740. The molecule has 1 fully saturated rings. The fourth-order valence-electron chi connectivity index (χ4n) is 1.82. The van der Waals surface area contributed by atoms with Crippen LogP contribution in [0.4, 0.5) is 10.1 Å². The number of nitrogens with two attached hydrogens (primary N) is 1. The average molecular weight is 241 g/mol. The molecule has 0 amide bonds. The van der Waals surface area contributed by atoms with Crippen molar-refractivity contribution in [2.45, 2.75) is 36.9 Å². The molecule has 2 rings (SSSR count). The third-order valence-electron chi connectivity index (χ3n) is 2.70. The number of rotatable bonds is 3. The van der Waals surface area contributed by atoms with E-state index in [-0.39, 0.29) is 11.9 Å². The molecule has 4 heteroatoms. The van der Waals surface area contributed by atoms with Gasteiger partial charge in [-0.2, -0.15) is 0 Å². The predicted molar refractivity (Wildman–Crippen MR) is 65.1 cm³/mol. The van der Waals surface area contributed by atoms with Crippen LogP contribution in [0.5, 0.6) is 0 Å². The maximum absolute atomic E-state index is 13.5. The van der Waals surface area contributed by atoms with Gasteiger partial charge in [-0.25, -0.2) is 4.39 Å². The molecular formula is C12H16FNOS. The Morgan fingerprint density at radius 1 is 1.50 bits per heavy atom. The van der Waals surface area contributed by atoms with Crippen molar-refractivity contribution in [2.75, 3.05) is 11.5 Å². The van der Waals surface area contributed by atoms with E-state index in [9.17, 15) is 4.39 Å². The van der Waals surface area contributed by atoms with E-state index in [1.54, 1.807) is 12.1 Å². The largest absolute Gasteiger partial charge is 0.399 e. The van der Waals surface area contributed by atoms with Crippen LogP contribution in [-0.4, -0.2) is 18.0 Å². The van der Waals surface area contributed by atoms with Gasteiger partial charge in [-0.05, 0) is 38.0 Å². The molecule has 2 N–H and O–H groups in total. The smallest absolute Gasteiger partial charge is 0.138 e. The van der Waals surface area contributed by atoms with Gasteiger partial charge in [0.2, 0.25) is 0 Å². The molecule has 16 heavy (non-hydrogen) atoms. The molecule has 1 saturated heterocycles. The highest BCUT2D eigenvalue weighted by Gasteiger charge is 2.21. The lowest BCUT2D eigenvalue weighted by molar-refractivity contribution is 0.0700. The van der Waals surface area contributed by atoms with E-state index < -0.39 is 0 Å². The summed E-state index contributed by atoms with van der Waals surface area (Å²) in [6.07, 6.45) is 2.79. The average Bonchev–Trinajstić information content (AvgIpc) is 2.63. The molecule has 1 heterocycles. The first-order chi connectivity index (χ1) is 7.65. The van der Waals surface area contributed by atoms with E-state index in [0.717, 1.165) is 18.6 Å². The molecule has 0 bridgehead atoms. The summed E-state index contributed by atoms with van der Waals surface area (Å²) in [5, 5.41) is 0. The van der Waals surface area contributed by atoms with Crippen LogP contribution in [0.25, 0.3) is 0 Å². The SMILES string of the molecule is CC1CCC(CSc2ccc(N)cc2F)O1.